The molecule has 0 unspecified atom stereocenters. The molecule has 1 fully saturated rings. The minimum Gasteiger partial charge on any atom is -0.325 e. The number of hydrogen-bond donors (Lipinski definition) is 1. The monoisotopic (exact) mass is 286 g/mol. The minimum absolute atomic E-state index is 0.0836. The van der Waals surface area contributed by atoms with Gasteiger partial charge < -0.3 is 5.32 Å². The highest BCUT2D eigenvalue weighted by atomic mass is 32.2. The lowest BCUT2D eigenvalue weighted by Crippen LogP contribution is -2.42. The average molecular weight is 286 g/mol. The van der Waals surface area contributed by atoms with E-state index in [0.29, 0.717) is 18.7 Å². The Hall–Kier alpha value is -1.47. The zero-order chi connectivity index (χ0) is 13.9. The van der Waals surface area contributed by atoms with E-state index in [2.05, 4.69) is 5.32 Å². The second-order valence-corrected chi connectivity index (χ2v) is 6.50. The Morgan fingerprint density at radius 1 is 1.37 bits per heavy atom. The number of carbonyl (C=O) groups is 1. The highest BCUT2D eigenvalue weighted by Crippen LogP contribution is 2.14. The summed E-state index contributed by atoms with van der Waals surface area (Å²) >= 11 is 0. The first-order valence-corrected chi connectivity index (χ1v) is 7.61. The van der Waals surface area contributed by atoms with E-state index in [1.165, 1.54) is 22.5 Å². The summed E-state index contributed by atoms with van der Waals surface area (Å²) in [5.41, 5.74) is 0.319. The van der Waals surface area contributed by atoms with E-state index in [9.17, 15) is 17.6 Å². The molecular formula is C12H15FN2O3S. The van der Waals surface area contributed by atoms with Crippen molar-refractivity contribution >= 4 is 21.6 Å². The Labute approximate surface area is 111 Å². The molecule has 1 saturated heterocycles. The van der Waals surface area contributed by atoms with Crippen LogP contribution in [0.5, 0.6) is 0 Å². The molecule has 5 nitrogen and oxygen atoms in total. The number of rotatable bonds is 3. The van der Waals surface area contributed by atoms with Crippen molar-refractivity contribution in [2.24, 2.45) is 0 Å². The van der Waals surface area contributed by atoms with Crippen molar-refractivity contribution in [1.82, 2.24) is 4.31 Å². The smallest absolute Gasteiger partial charge is 0.239 e. The largest absolute Gasteiger partial charge is 0.325 e. The van der Waals surface area contributed by atoms with Crippen LogP contribution in [0, 0.1) is 5.82 Å². The highest BCUT2D eigenvalue weighted by Gasteiger charge is 2.27. The molecular weight excluding hydrogens is 271 g/mol. The van der Waals surface area contributed by atoms with Crippen LogP contribution in [-0.4, -0.2) is 37.5 Å². The SMILES string of the molecule is O=C(CN1CCCCS1(=O)=O)Nc1cccc(F)c1. The van der Waals surface area contributed by atoms with Crippen molar-refractivity contribution in [3.8, 4) is 0 Å². The molecule has 0 spiro atoms. The lowest BCUT2D eigenvalue weighted by atomic mass is 10.3. The van der Waals surface area contributed by atoms with E-state index in [1.54, 1.807) is 6.07 Å². The summed E-state index contributed by atoms with van der Waals surface area (Å²) in [7, 11) is -3.32. The van der Waals surface area contributed by atoms with Gasteiger partial charge in [-0.2, -0.15) is 4.31 Å². The second-order valence-electron chi connectivity index (χ2n) is 4.42. The van der Waals surface area contributed by atoms with Crippen LogP contribution < -0.4 is 5.32 Å². The van der Waals surface area contributed by atoms with E-state index in [0.717, 1.165) is 6.42 Å². The molecule has 0 radical (unpaired) electrons. The molecule has 0 aromatic heterocycles. The number of anilines is 1. The maximum absolute atomic E-state index is 12.9. The van der Waals surface area contributed by atoms with Crippen molar-refractivity contribution < 1.29 is 17.6 Å². The number of amides is 1. The quantitative estimate of drug-likeness (QED) is 0.907. The predicted octanol–water partition coefficient (Wildman–Crippen LogP) is 1.19. The van der Waals surface area contributed by atoms with Crippen LogP contribution in [0.15, 0.2) is 24.3 Å². The molecule has 1 aliphatic rings. The lowest BCUT2D eigenvalue weighted by Gasteiger charge is -2.25. The first-order chi connectivity index (χ1) is 8.97. The molecule has 1 heterocycles. The number of benzene rings is 1. The molecule has 19 heavy (non-hydrogen) atoms. The summed E-state index contributed by atoms with van der Waals surface area (Å²) < 4.78 is 37.5. The van der Waals surface area contributed by atoms with Gasteiger partial charge in [0.05, 0.1) is 12.3 Å². The fourth-order valence-corrected chi connectivity index (χ4v) is 3.49. The Kier molecular flexibility index (Phi) is 4.16. The normalized spacial score (nSPS) is 19.0. The molecule has 1 aromatic rings. The Morgan fingerprint density at radius 2 is 2.16 bits per heavy atom. The molecule has 1 N–H and O–H groups in total. The highest BCUT2D eigenvalue weighted by molar-refractivity contribution is 7.89. The van der Waals surface area contributed by atoms with Crippen molar-refractivity contribution in [2.45, 2.75) is 12.8 Å². The molecule has 0 saturated carbocycles. The topological polar surface area (TPSA) is 66.5 Å². The average Bonchev–Trinajstić information content (AvgIpc) is 2.32. The summed E-state index contributed by atoms with van der Waals surface area (Å²) in [5.74, 6) is -0.834. The van der Waals surface area contributed by atoms with Crippen LogP contribution in [0.4, 0.5) is 10.1 Å². The third-order valence-electron chi connectivity index (χ3n) is 2.88. The molecule has 0 aliphatic carbocycles. The van der Waals surface area contributed by atoms with Crippen molar-refractivity contribution in [3.63, 3.8) is 0 Å². The number of hydrogen-bond acceptors (Lipinski definition) is 3. The maximum atomic E-state index is 12.9. The summed E-state index contributed by atoms with van der Waals surface area (Å²) in [4.78, 5) is 11.7. The Balaban J connectivity index is 1.98. The van der Waals surface area contributed by atoms with Gasteiger partial charge in [-0.15, -0.1) is 0 Å². The number of carbonyl (C=O) groups excluding carboxylic acids is 1. The van der Waals surface area contributed by atoms with Crippen LogP contribution in [-0.2, 0) is 14.8 Å². The van der Waals surface area contributed by atoms with Gasteiger partial charge in [0.15, 0.2) is 0 Å². The van der Waals surface area contributed by atoms with Crippen LogP contribution in [0.25, 0.3) is 0 Å². The van der Waals surface area contributed by atoms with Crippen LogP contribution >= 0.6 is 0 Å². The van der Waals surface area contributed by atoms with Crippen molar-refractivity contribution in [2.75, 3.05) is 24.2 Å². The van der Waals surface area contributed by atoms with Gasteiger partial charge in [0, 0.05) is 12.2 Å². The fourth-order valence-electron chi connectivity index (χ4n) is 1.95. The van der Waals surface area contributed by atoms with Crippen molar-refractivity contribution in [3.05, 3.63) is 30.1 Å². The van der Waals surface area contributed by atoms with Gasteiger partial charge in [0.25, 0.3) is 0 Å². The molecule has 1 amide bonds. The van der Waals surface area contributed by atoms with E-state index in [4.69, 9.17) is 0 Å². The fraction of sp³-hybridized carbons (Fsp3) is 0.417. The zero-order valence-electron chi connectivity index (χ0n) is 10.3. The molecule has 0 bridgehead atoms. The minimum atomic E-state index is -3.32. The van der Waals surface area contributed by atoms with Crippen LogP contribution in [0.3, 0.4) is 0 Å². The first kappa shape index (κ1) is 14.0. The van der Waals surface area contributed by atoms with Crippen LogP contribution in [0.2, 0.25) is 0 Å². The molecule has 7 heteroatoms. The summed E-state index contributed by atoms with van der Waals surface area (Å²) in [6.07, 6.45) is 1.39. The lowest BCUT2D eigenvalue weighted by molar-refractivity contribution is -0.116. The van der Waals surface area contributed by atoms with Crippen LogP contribution in [0.1, 0.15) is 12.8 Å². The number of nitrogens with zero attached hydrogens (tertiary/aromatic N) is 1. The van der Waals surface area contributed by atoms with Gasteiger partial charge in [-0.05, 0) is 31.0 Å². The van der Waals surface area contributed by atoms with Gasteiger partial charge in [-0.1, -0.05) is 6.07 Å². The standard InChI is InChI=1S/C12H15FN2O3S/c13-10-4-3-5-11(8-10)14-12(16)9-15-6-1-2-7-19(15,17)18/h3-5,8H,1-2,6-7,9H2,(H,14,16). The van der Waals surface area contributed by atoms with Gasteiger partial charge in [0.2, 0.25) is 15.9 Å². The first-order valence-electron chi connectivity index (χ1n) is 6.01. The third kappa shape index (κ3) is 3.74. The Morgan fingerprint density at radius 3 is 2.84 bits per heavy atom. The van der Waals surface area contributed by atoms with Gasteiger partial charge >= 0.3 is 0 Å². The van der Waals surface area contributed by atoms with Gasteiger partial charge in [0.1, 0.15) is 5.82 Å². The molecule has 0 atom stereocenters. The van der Waals surface area contributed by atoms with E-state index >= 15 is 0 Å². The molecule has 1 aromatic carbocycles. The second kappa shape index (κ2) is 5.66. The maximum Gasteiger partial charge on any atom is 0.239 e. The van der Waals surface area contributed by atoms with E-state index in [-0.39, 0.29) is 12.3 Å². The zero-order valence-corrected chi connectivity index (χ0v) is 11.1. The summed E-state index contributed by atoms with van der Waals surface area (Å²) in [6, 6.07) is 5.47. The van der Waals surface area contributed by atoms with E-state index < -0.39 is 21.7 Å². The third-order valence-corrected chi connectivity index (χ3v) is 4.78. The van der Waals surface area contributed by atoms with Gasteiger partial charge in [-0.25, -0.2) is 12.8 Å². The summed E-state index contributed by atoms with van der Waals surface area (Å²) in [6.45, 7) is 0.137. The molecule has 1 aliphatic heterocycles. The summed E-state index contributed by atoms with van der Waals surface area (Å²) in [5, 5.41) is 2.48. The number of nitrogens with one attached hydrogen (secondary N) is 1. The van der Waals surface area contributed by atoms with E-state index in [1.807, 2.05) is 0 Å². The van der Waals surface area contributed by atoms with Gasteiger partial charge in [-0.3, -0.25) is 4.79 Å². The molecule has 104 valence electrons. The molecule has 2 rings (SSSR count). The van der Waals surface area contributed by atoms with Crippen molar-refractivity contribution in [1.29, 1.82) is 0 Å². The predicted molar refractivity (Wildman–Crippen MR) is 69.6 cm³/mol. The number of halogens is 1. The number of sulfonamides is 1. The Bertz CT molecular complexity index is 574.